The van der Waals surface area contributed by atoms with Gasteiger partial charge < -0.3 is 4.43 Å². The number of rotatable bonds is 5. The molecule has 19 heavy (non-hydrogen) atoms. The van der Waals surface area contributed by atoms with Crippen LogP contribution < -0.4 is 0 Å². The third-order valence-electron chi connectivity index (χ3n) is 3.77. The van der Waals surface area contributed by atoms with Gasteiger partial charge in [-0.15, -0.1) is 11.3 Å². The van der Waals surface area contributed by atoms with E-state index in [4.69, 9.17) is 4.43 Å². The van der Waals surface area contributed by atoms with Crippen molar-refractivity contribution in [1.82, 2.24) is 4.98 Å². The summed E-state index contributed by atoms with van der Waals surface area (Å²) in [7, 11) is -1.69. The van der Waals surface area contributed by atoms with Crippen LogP contribution in [0, 0.1) is 6.92 Å². The molecule has 1 aromatic rings. The van der Waals surface area contributed by atoms with Gasteiger partial charge >= 0.3 is 0 Å². The number of aryl methyl sites for hydroxylation is 1. The van der Waals surface area contributed by atoms with Crippen LogP contribution in [0.2, 0.25) is 18.1 Å². The molecule has 108 valence electrons. The molecule has 0 spiro atoms. The van der Waals surface area contributed by atoms with E-state index in [-0.39, 0.29) is 11.1 Å². The van der Waals surface area contributed by atoms with Crippen molar-refractivity contribution < 1.29 is 4.43 Å². The second kappa shape index (κ2) is 6.33. The first kappa shape index (κ1) is 16.6. The molecule has 0 unspecified atom stereocenters. The molecule has 0 aliphatic carbocycles. The van der Waals surface area contributed by atoms with Crippen LogP contribution in [0.25, 0.3) is 6.08 Å². The van der Waals surface area contributed by atoms with Gasteiger partial charge in [0.15, 0.2) is 8.32 Å². The first-order chi connectivity index (χ1) is 8.65. The van der Waals surface area contributed by atoms with Gasteiger partial charge in [-0.1, -0.05) is 33.8 Å². The minimum atomic E-state index is -1.69. The van der Waals surface area contributed by atoms with Crippen molar-refractivity contribution in [2.24, 2.45) is 0 Å². The van der Waals surface area contributed by atoms with Crippen LogP contribution in [-0.4, -0.2) is 19.4 Å². The van der Waals surface area contributed by atoms with Crippen LogP contribution in [0.5, 0.6) is 0 Å². The molecule has 2 nitrogen and oxygen atoms in total. The van der Waals surface area contributed by atoms with Crippen molar-refractivity contribution in [3.8, 4) is 0 Å². The van der Waals surface area contributed by atoms with E-state index >= 15 is 0 Å². The Labute approximate surface area is 123 Å². The molecule has 1 heterocycles. The lowest BCUT2D eigenvalue weighted by Crippen LogP contribution is -2.43. The Morgan fingerprint density at radius 3 is 2.47 bits per heavy atom. The van der Waals surface area contributed by atoms with Crippen molar-refractivity contribution in [2.45, 2.75) is 65.3 Å². The molecule has 0 aliphatic heterocycles. The van der Waals surface area contributed by atoms with E-state index in [1.54, 1.807) is 11.3 Å². The van der Waals surface area contributed by atoms with Gasteiger partial charge in [-0.05, 0) is 37.6 Å². The minimum Gasteiger partial charge on any atom is -0.411 e. The van der Waals surface area contributed by atoms with Gasteiger partial charge in [0, 0.05) is 5.38 Å². The van der Waals surface area contributed by atoms with Crippen LogP contribution in [-0.2, 0) is 4.43 Å². The van der Waals surface area contributed by atoms with E-state index in [0.717, 1.165) is 17.1 Å². The van der Waals surface area contributed by atoms with E-state index in [1.807, 2.05) is 6.92 Å². The van der Waals surface area contributed by atoms with E-state index < -0.39 is 8.32 Å². The van der Waals surface area contributed by atoms with Crippen molar-refractivity contribution >= 4 is 25.7 Å². The molecule has 0 saturated carbocycles. The highest BCUT2D eigenvalue weighted by Crippen LogP contribution is 2.37. The topological polar surface area (TPSA) is 22.1 Å². The fourth-order valence-corrected chi connectivity index (χ4v) is 3.41. The van der Waals surface area contributed by atoms with Crippen LogP contribution in [0.3, 0.4) is 0 Å². The van der Waals surface area contributed by atoms with Gasteiger partial charge in [0.1, 0.15) is 0 Å². The molecule has 0 bridgehead atoms. The molecule has 0 N–H and O–H groups in total. The maximum absolute atomic E-state index is 6.41. The van der Waals surface area contributed by atoms with Crippen LogP contribution in [0.1, 0.15) is 44.8 Å². The molecule has 1 rings (SSSR count). The second-order valence-electron chi connectivity index (χ2n) is 6.48. The van der Waals surface area contributed by atoms with Crippen LogP contribution in [0.15, 0.2) is 11.5 Å². The quantitative estimate of drug-likeness (QED) is 0.691. The molecule has 0 aliphatic rings. The monoisotopic (exact) mass is 297 g/mol. The number of hydrogen-bond acceptors (Lipinski definition) is 3. The standard InChI is InChI=1S/C15H27NOSSi/c1-8-14(17-19(6,7)15(3,4)5)10-9-13-11-18-12(2)16-13/h9-11,14H,8H2,1-7H3/t14-/m0/s1. The number of aromatic nitrogens is 1. The van der Waals surface area contributed by atoms with Crippen molar-refractivity contribution in [1.29, 1.82) is 0 Å². The SMILES string of the molecule is CC[C@@H](C=Cc1csc(C)n1)O[Si](C)(C)C(C)(C)C. The van der Waals surface area contributed by atoms with E-state index in [2.05, 4.69) is 63.3 Å². The first-order valence-electron chi connectivity index (χ1n) is 6.94. The van der Waals surface area contributed by atoms with Crippen LogP contribution in [0.4, 0.5) is 0 Å². The van der Waals surface area contributed by atoms with Crippen LogP contribution >= 0.6 is 11.3 Å². The average Bonchev–Trinajstić information content (AvgIpc) is 2.68. The molecule has 0 amide bonds. The predicted molar refractivity (Wildman–Crippen MR) is 88.2 cm³/mol. The Morgan fingerprint density at radius 2 is 2.05 bits per heavy atom. The molecule has 4 heteroatoms. The maximum atomic E-state index is 6.41. The Hall–Kier alpha value is -0.453. The lowest BCUT2D eigenvalue weighted by molar-refractivity contribution is 0.221. The Kier molecular flexibility index (Phi) is 5.53. The van der Waals surface area contributed by atoms with Crippen molar-refractivity contribution in [3.05, 3.63) is 22.2 Å². The molecule has 1 aromatic heterocycles. The molecular formula is C15H27NOSSi. The fraction of sp³-hybridized carbons (Fsp3) is 0.667. The Balaban J connectivity index is 2.72. The van der Waals surface area contributed by atoms with Crippen molar-refractivity contribution in [2.75, 3.05) is 0 Å². The zero-order valence-electron chi connectivity index (χ0n) is 13.3. The normalized spacial score (nSPS) is 15.1. The van der Waals surface area contributed by atoms with Gasteiger partial charge in [0.05, 0.1) is 16.8 Å². The largest absolute Gasteiger partial charge is 0.411 e. The molecule has 1 atom stereocenters. The molecule has 0 fully saturated rings. The Bertz CT molecular complexity index is 432. The zero-order valence-corrected chi connectivity index (χ0v) is 15.1. The van der Waals surface area contributed by atoms with E-state index in [1.165, 1.54) is 0 Å². The number of thiazole rings is 1. The maximum Gasteiger partial charge on any atom is 0.192 e. The minimum absolute atomic E-state index is 0.197. The van der Waals surface area contributed by atoms with Gasteiger partial charge in [0.25, 0.3) is 0 Å². The van der Waals surface area contributed by atoms with Gasteiger partial charge in [-0.3, -0.25) is 0 Å². The smallest absolute Gasteiger partial charge is 0.192 e. The summed E-state index contributed by atoms with van der Waals surface area (Å²) in [6.45, 7) is 15.6. The van der Waals surface area contributed by atoms with Gasteiger partial charge in [-0.25, -0.2) is 4.98 Å². The van der Waals surface area contributed by atoms with Crippen molar-refractivity contribution in [3.63, 3.8) is 0 Å². The number of hydrogen-bond donors (Lipinski definition) is 0. The summed E-state index contributed by atoms with van der Waals surface area (Å²) >= 11 is 1.69. The summed E-state index contributed by atoms with van der Waals surface area (Å²) in [5.74, 6) is 0. The molecule has 0 aromatic carbocycles. The van der Waals surface area contributed by atoms with E-state index in [9.17, 15) is 0 Å². The third-order valence-corrected chi connectivity index (χ3v) is 9.07. The second-order valence-corrected chi connectivity index (χ2v) is 12.3. The third kappa shape index (κ3) is 4.86. The lowest BCUT2D eigenvalue weighted by atomic mass is 10.2. The first-order valence-corrected chi connectivity index (χ1v) is 10.7. The average molecular weight is 298 g/mol. The summed E-state index contributed by atoms with van der Waals surface area (Å²) in [4.78, 5) is 4.45. The zero-order chi connectivity index (χ0) is 14.7. The molecule has 0 saturated heterocycles. The Morgan fingerprint density at radius 1 is 1.42 bits per heavy atom. The van der Waals surface area contributed by atoms with Gasteiger partial charge in [-0.2, -0.15) is 0 Å². The summed E-state index contributed by atoms with van der Waals surface area (Å²) in [5.41, 5.74) is 1.04. The summed E-state index contributed by atoms with van der Waals surface area (Å²) in [6, 6.07) is 0. The summed E-state index contributed by atoms with van der Waals surface area (Å²) in [5, 5.41) is 3.45. The van der Waals surface area contributed by atoms with E-state index in [0.29, 0.717) is 0 Å². The summed E-state index contributed by atoms with van der Waals surface area (Å²) in [6.07, 6.45) is 5.45. The highest BCUT2D eigenvalue weighted by Gasteiger charge is 2.38. The number of nitrogens with zero attached hydrogens (tertiary/aromatic N) is 1. The predicted octanol–water partition coefficient (Wildman–Crippen LogP) is 5.27. The molecular weight excluding hydrogens is 270 g/mol. The fourth-order valence-electron chi connectivity index (χ4n) is 1.48. The highest BCUT2D eigenvalue weighted by atomic mass is 32.1. The summed E-state index contributed by atoms with van der Waals surface area (Å²) < 4.78 is 6.41. The lowest BCUT2D eigenvalue weighted by Gasteiger charge is -2.38. The molecule has 0 radical (unpaired) electrons. The van der Waals surface area contributed by atoms with Gasteiger partial charge in [0.2, 0.25) is 0 Å². The highest BCUT2D eigenvalue weighted by molar-refractivity contribution is 7.09.